The molecule has 0 amide bonds. The van der Waals surface area contributed by atoms with Crippen LogP contribution in [-0.4, -0.2) is 18.8 Å². The van der Waals surface area contributed by atoms with E-state index in [-0.39, 0.29) is 5.60 Å². The van der Waals surface area contributed by atoms with Crippen molar-refractivity contribution >= 4 is 0 Å². The molecule has 0 saturated carbocycles. The van der Waals surface area contributed by atoms with Crippen molar-refractivity contribution < 1.29 is 4.74 Å². The Hall–Kier alpha value is -0.0800. The molecule has 0 fully saturated rings. The molecule has 2 heteroatoms. The van der Waals surface area contributed by atoms with E-state index in [4.69, 9.17) is 10.5 Å². The van der Waals surface area contributed by atoms with Crippen molar-refractivity contribution in [3.63, 3.8) is 0 Å². The van der Waals surface area contributed by atoms with Crippen LogP contribution in [0.4, 0.5) is 0 Å². The molecular formula is C8H21NO. The third kappa shape index (κ3) is 7.92. The summed E-state index contributed by atoms with van der Waals surface area (Å²) in [7, 11) is 0. The monoisotopic (exact) mass is 147 g/mol. The van der Waals surface area contributed by atoms with Crippen LogP contribution in [0.3, 0.4) is 0 Å². The number of rotatable bonds is 3. The van der Waals surface area contributed by atoms with Crippen molar-refractivity contribution in [3.05, 3.63) is 0 Å². The molecule has 0 aliphatic rings. The van der Waals surface area contributed by atoms with E-state index in [0.717, 1.165) is 6.61 Å². The molecule has 0 aromatic rings. The minimum atomic E-state index is -0.130. The van der Waals surface area contributed by atoms with Gasteiger partial charge in [-0.05, 0) is 20.8 Å². The van der Waals surface area contributed by atoms with Gasteiger partial charge in [0.05, 0.1) is 5.60 Å². The number of nitrogens with two attached hydrogens (primary N) is 1. The Morgan fingerprint density at radius 2 is 1.70 bits per heavy atom. The zero-order valence-electron chi connectivity index (χ0n) is 7.90. The molecule has 2 N–H and O–H groups in total. The average Bonchev–Trinajstić information content (AvgIpc) is 1.93. The van der Waals surface area contributed by atoms with Gasteiger partial charge in [-0.2, -0.15) is 0 Å². The van der Waals surface area contributed by atoms with E-state index in [1.807, 2.05) is 34.6 Å². The maximum Gasteiger partial charge on any atom is 0.0748 e. The first-order valence-electron chi connectivity index (χ1n) is 3.96. The Morgan fingerprint density at radius 3 is 1.80 bits per heavy atom. The molecule has 0 unspecified atom stereocenters. The number of ether oxygens (including phenoxy) is 1. The molecule has 0 heterocycles. The fourth-order valence-electron chi connectivity index (χ4n) is 0.450. The van der Waals surface area contributed by atoms with E-state index in [1.165, 1.54) is 0 Å². The number of hydrogen-bond donors (Lipinski definition) is 1. The smallest absolute Gasteiger partial charge is 0.0748 e. The zero-order chi connectivity index (χ0) is 8.62. The largest absolute Gasteiger partial charge is 0.375 e. The molecule has 0 spiro atoms. The highest BCUT2D eigenvalue weighted by atomic mass is 16.5. The van der Waals surface area contributed by atoms with Gasteiger partial charge < -0.3 is 10.5 Å². The van der Waals surface area contributed by atoms with Crippen LogP contribution in [0.15, 0.2) is 0 Å². The Balaban J connectivity index is 0. The fraction of sp³-hybridized carbons (Fsp3) is 1.00. The van der Waals surface area contributed by atoms with Crippen molar-refractivity contribution in [2.24, 2.45) is 5.73 Å². The molecule has 0 aliphatic heterocycles. The summed E-state index contributed by atoms with van der Waals surface area (Å²) in [6, 6.07) is 0. The maximum absolute atomic E-state index is 5.37. The van der Waals surface area contributed by atoms with Gasteiger partial charge in [-0.1, -0.05) is 13.8 Å². The standard InChI is InChI=1S/C6H15NO.C2H6/c1-4-8-6(2,3)5-7;1-2/h4-5,7H2,1-3H3;1-2H3. The van der Waals surface area contributed by atoms with Crippen molar-refractivity contribution in [3.8, 4) is 0 Å². The highest BCUT2D eigenvalue weighted by Crippen LogP contribution is 2.04. The molecule has 0 aromatic carbocycles. The summed E-state index contributed by atoms with van der Waals surface area (Å²) in [6.07, 6.45) is 0. The third-order valence-corrected chi connectivity index (χ3v) is 1.03. The van der Waals surface area contributed by atoms with Gasteiger partial charge in [0, 0.05) is 13.2 Å². The summed E-state index contributed by atoms with van der Waals surface area (Å²) in [6.45, 7) is 11.3. The molecule has 0 radical (unpaired) electrons. The van der Waals surface area contributed by atoms with Crippen LogP contribution in [0.25, 0.3) is 0 Å². The van der Waals surface area contributed by atoms with Gasteiger partial charge in [0.15, 0.2) is 0 Å². The molecule has 0 rings (SSSR count). The van der Waals surface area contributed by atoms with Gasteiger partial charge >= 0.3 is 0 Å². The second-order valence-electron chi connectivity index (χ2n) is 2.40. The van der Waals surface area contributed by atoms with Crippen molar-refractivity contribution in [2.75, 3.05) is 13.2 Å². The van der Waals surface area contributed by atoms with Crippen LogP contribution >= 0.6 is 0 Å². The maximum atomic E-state index is 5.37. The first-order chi connectivity index (χ1) is 4.62. The highest BCUT2D eigenvalue weighted by molar-refractivity contribution is 4.67. The Labute approximate surface area is 64.8 Å². The molecule has 0 bridgehead atoms. The van der Waals surface area contributed by atoms with Crippen LogP contribution in [0.1, 0.15) is 34.6 Å². The second-order valence-corrected chi connectivity index (χ2v) is 2.40. The lowest BCUT2D eigenvalue weighted by Crippen LogP contribution is -2.33. The lowest BCUT2D eigenvalue weighted by atomic mass is 10.1. The van der Waals surface area contributed by atoms with Gasteiger partial charge in [0.2, 0.25) is 0 Å². The molecule has 0 aliphatic carbocycles. The summed E-state index contributed by atoms with van der Waals surface area (Å²) in [5, 5.41) is 0. The van der Waals surface area contributed by atoms with E-state index in [2.05, 4.69) is 0 Å². The first kappa shape index (κ1) is 12.6. The topological polar surface area (TPSA) is 35.2 Å². The molecule has 2 nitrogen and oxygen atoms in total. The molecule has 0 atom stereocenters. The van der Waals surface area contributed by atoms with Gasteiger partial charge in [-0.25, -0.2) is 0 Å². The fourth-order valence-corrected chi connectivity index (χ4v) is 0.450. The van der Waals surface area contributed by atoms with Crippen molar-refractivity contribution in [1.82, 2.24) is 0 Å². The summed E-state index contributed by atoms with van der Waals surface area (Å²) < 4.78 is 5.25. The van der Waals surface area contributed by atoms with E-state index in [9.17, 15) is 0 Å². The normalized spacial score (nSPS) is 10.2. The lowest BCUT2D eigenvalue weighted by molar-refractivity contribution is -0.00250. The zero-order valence-corrected chi connectivity index (χ0v) is 7.90. The molecule has 10 heavy (non-hydrogen) atoms. The van der Waals surface area contributed by atoms with Crippen LogP contribution in [0, 0.1) is 0 Å². The minimum absolute atomic E-state index is 0.130. The van der Waals surface area contributed by atoms with Gasteiger partial charge in [-0.15, -0.1) is 0 Å². The third-order valence-electron chi connectivity index (χ3n) is 1.03. The molecule has 64 valence electrons. The predicted octanol–water partition coefficient (Wildman–Crippen LogP) is 1.79. The minimum Gasteiger partial charge on any atom is -0.375 e. The predicted molar refractivity (Wildman–Crippen MR) is 46.1 cm³/mol. The highest BCUT2D eigenvalue weighted by Gasteiger charge is 2.13. The van der Waals surface area contributed by atoms with E-state index < -0.39 is 0 Å². The van der Waals surface area contributed by atoms with Gasteiger partial charge in [0.25, 0.3) is 0 Å². The SMILES string of the molecule is CC.CCOC(C)(C)CN. The Morgan fingerprint density at radius 1 is 1.30 bits per heavy atom. The van der Waals surface area contributed by atoms with Gasteiger partial charge in [-0.3, -0.25) is 0 Å². The number of hydrogen-bond acceptors (Lipinski definition) is 2. The summed E-state index contributed by atoms with van der Waals surface area (Å²) in [5.74, 6) is 0. The van der Waals surface area contributed by atoms with Crippen molar-refractivity contribution in [1.29, 1.82) is 0 Å². The first-order valence-corrected chi connectivity index (χ1v) is 3.96. The average molecular weight is 147 g/mol. The van der Waals surface area contributed by atoms with Crippen LogP contribution in [0.2, 0.25) is 0 Å². The Kier molecular flexibility index (Phi) is 8.85. The van der Waals surface area contributed by atoms with E-state index in [0.29, 0.717) is 6.54 Å². The molecular weight excluding hydrogens is 126 g/mol. The lowest BCUT2D eigenvalue weighted by Gasteiger charge is -2.21. The van der Waals surface area contributed by atoms with Crippen molar-refractivity contribution in [2.45, 2.75) is 40.2 Å². The quantitative estimate of drug-likeness (QED) is 0.660. The van der Waals surface area contributed by atoms with Gasteiger partial charge in [0.1, 0.15) is 0 Å². The van der Waals surface area contributed by atoms with E-state index >= 15 is 0 Å². The second kappa shape index (κ2) is 7.03. The summed E-state index contributed by atoms with van der Waals surface area (Å²) in [4.78, 5) is 0. The van der Waals surface area contributed by atoms with Crippen LogP contribution < -0.4 is 5.73 Å². The summed E-state index contributed by atoms with van der Waals surface area (Å²) in [5.41, 5.74) is 5.24. The molecule has 0 saturated heterocycles. The Bertz CT molecular complexity index is 62.3. The van der Waals surface area contributed by atoms with Crippen LogP contribution in [-0.2, 0) is 4.74 Å². The van der Waals surface area contributed by atoms with E-state index in [1.54, 1.807) is 0 Å². The molecule has 0 aromatic heterocycles. The summed E-state index contributed by atoms with van der Waals surface area (Å²) >= 11 is 0. The van der Waals surface area contributed by atoms with Crippen LogP contribution in [0.5, 0.6) is 0 Å².